The Bertz CT molecular complexity index is 1320. The van der Waals surface area contributed by atoms with Crippen LogP contribution in [0.4, 0.5) is 10.1 Å². The van der Waals surface area contributed by atoms with Crippen molar-refractivity contribution in [2.24, 2.45) is 0 Å². The topological polar surface area (TPSA) is 106 Å². The number of allylic oxidation sites excluding steroid dienone is 1. The molecule has 2 heterocycles. The molecule has 0 atom stereocenters. The second-order valence-electron chi connectivity index (χ2n) is 7.81. The molecule has 1 saturated heterocycles. The van der Waals surface area contributed by atoms with E-state index in [-0.39, 0.29) is 22.4 Å². The van der Waals surface area contributed by atoms with Crippen LogP contribution in [-0.4, -0.2) is 40.6 Å². The summed E-state index contributed by atoms with van der Waals surface area (Å²) in [6, 6.07) is 14.1. The highest BCUT2D eigenvalue weighted by Gasteiger charge is 2.29. The summed E-state index contributed by atoms with van der Waals surface area (Å²) in [7, 11) is 0. The number of aromatic amines is 1. The third-order valence-corrected chi connectivity index (χ3v) is 5.72. The van der Waals surface area contributed by atoms with Gasteiger partial charge in [-0.3, -0.25) is 14.4 Å². The molecular weight excluding hydrogens is 423 g/mol. The molecule has 1 aromatic heterocycles. The Morgan fingerprint density at radius 3 is 2.42 bits per heavy atom. The lowest BCUT2D eigenvalue weighted by Crippen LogP contribution is -2.40. The number of rotatable bonds is 4. The van der Waals surface area contributed by atoms with Gasteiger partial charge in [-0.05, 0) is 36.1 Å². The van der Waals surface area contributed by atoms with Gasteiger partial charge in [-0.1, -0.05) is 30.3 Å². The summed E-state index contributed by atoms with van der Waals surface area (Å²) in [5, 5.41) is 12.2. The predicted octanol–water partition coefficient (Wildman–Crippen LogP) is 4.05. The maximum absolute atomic E-state index is 14.6. The molecule has 7 nitrogen and oxygen atoms in total. The van der Waals surface area contributed by atoms with Crippen LogP contribution in [0.25, 0.3) is 16.5 Å². The van der Waals surface area contributed by atoms with E-state index in [1.807, 2.05) is 30.3 Å². The number of hydrogen-bond acceptors (Lipinski definition) is 4. The molecule has 8 heteroatoms. The zero-order valence-electron chi connectivity index (χ0n) is 17.9. The van der Waals surface area contributed by atoms with Crippen LogP contribution < -0.4 is 5.32 Å². The molecule has 1 fully saturated rings. The van der Waals surface area contributed by atoms with Crippen molar-refractivity contribution in [1.82, 2.24) is 9.88 Å². The standard InChI is InChI=1S/C25H21FN4O3/c1-15(31)29-21-8-7-20(26)22-19(14-28-23(21)22)24(32)25(33)30-11-9-17(10-12-30)18(13-27)16-5-3-2-4-6-16/h2-8,14,28H,9-12H2,1H3,(H,29,31). The first-order valence-corrected chi connectivity index (χ1v) is 10.5. The number of carbonyl (C=O) groups excluding carboxylic acids is 3. The van der Waals surface area contributed by atoms with Crippen molar-refractivity contribution in [3.05, 3.63) is 71.2 Å². The fourth-order valence-electron chi connectivity index (χ4n) is 4.12. The first kappa shape index (κ1) is 22.0. The number of benzene rings is 2. The molecule has 1 aliphatic heterocycles. The number of halogens is 1. The quantitative estimate of drug-likeness (QED) is 0.360. The fraction of sp³-hybridized carbons (Fsp3) is 0.200. The van der Waals surface area contributed by atoms with E-state index < -0.39 is 17.5 Å². The van der Waals surface area contributed by atoms with E-state index in [2.05, 4.69) is 16.4 Å². The van der Waals surface area contributed by atoms with E-state index in [1.165, 1.54) is 24.1 Å². The Morgan fingerprint density at radius 2 is 1.79 bits per heavy atom. The number of aromatic nitrogens is 1. The van der Waals surface area contributed by atoms with Crippen LogP contribution in [0.1, 0.15) is 35.7 Å². The molecule has 166 valence electrons. The Kier molecular flexibility index (Phi) is 6.05. The zero-order valence-corrected chi connectivity index (χ0v) is 17.9. The minimum Gasteiger partial charge on any atom is -0.359 e. The highest BCUT2D eigenvalue weighted by molar-refractivity contribution is 6.45. The van der Waals surface area contributed by atoms with Gasteiger partial charge in [0.1, 0.15) is 5.82 Å². The van der Waals surface area contributed by atoms with Crippen LogP contribution in [0.2, 0.25) is 0 Å². The minimum absolute atomic E-state index is 0.0342. The largest absolute Gasteiger partial charge is 0.359 e. The van der Waals surface area contributed by atoms with Crippen molar-refractivity contribution in [1.29, 1.82) is 5.26 Å². The van der Waals surface area contributed by atoms with Gasteiger partial charge < -0.3 is 15.2 Å². The highest BCUT2D eigenvalue weighted by Crippen LogP contribution is 2.30. The summed E-state index contributed by atoms with van der Waals surface area (Å²) >= 11 is 0. The summed E-state index contributed by atoms with van der Waals surface area (Å²) in [6.07, 6.45) is 2.25. The summed E-state index contributed by atoms with van der Waals surface area (Å²) in [5.41, 5.74) is 2.85. The lowest BCUT2D eigenvalue weighted by atomic mass is 9.93. The van der Waals surface area contributed by atoms with Gasteiger partial charge in [-0.15, -0.1) is 0 Å². The average molecular weight is 444 g/mol. The molecule has 2 N–H and O–H groups in total. The van der Waals surface area contributed by atoms with Crippen LogP contribution in [0.3, 0.4) is 0 Å². The Hall–Kier alpha value is -4.25. The van der Waals surface area contributed by atoms with Gasteiger partial charge >= 0.3 is 0 Å². The number of piperidine rings is 1. The van der Waals surface area contributed by atoms with E-state index >= 15 is 0 Å². The first-order valence-electron chi connectivity index (χ1n) is 10.5. The number of likely N-dealkylation sites (tertiary alicyclic amines) is 1. The van der Waals surface area contributed by atoms with Crippen molar-refractivity contribution in [3.63, 3.8) is 0 Å². The van der Waals surface area contributed by atoms with Gasteiger partial charge in [0, 0.05) is 31.6 Å². The lowest BCUT2D eigenvalue weighted by molar-refractivity contribution is -0.126. The number of nitriles is 1. The molecule has 33 heavy (non-hydrogen) atoms. The SMILES string of the molecule is CC(=O)Nc1ccc(F)c2c(C(=O)C(=O)N3CCC(=C(C#N)c4ccccc4)CC3)c[nH]c12. The van der Waals surface area contributed by atoms with E-state index in [9.17, 15) is 24.0 Å². The number of Topliss-reactive ketones (excluding diaryl/α,β-unsaturated/α-hetero) is 1. The molecule has 0 bridgehead atoms. The van der Waals surface area contributed by atoms with Crippen LogP contribution in [0.15, 0.2) is 54.2 Å². The highest BCUT2D eigenvalue weighted by atomic mass is 19.1. The van der Waals surface area contributed by atoms with Gasteiger partial charge in [0.25, 0.3) is 11.7 Å². The molecule has 0 saturated carbocycles. The number of nitrogens with zero attached hydrogens (tertiary/aromatic N) is 2. The Morgan fingerprint density at radius 1 is 1.09 bits per heavy atom. The van der Waals surface area contributed by atoms with Gasteiger partial charge in [-0.25, -0.2) is 4.39 Å². The molecule has 0 aliphatic carbocycles. The smallest absolute Gasteiger partial charge is 0.295 e. The van der Waals surface area contributed by atoms with Crippen molar-refractivity contribution >= 4 is 39.8 Å². The average Bonchev–Trinajstić information content (AvgIpc) is 3.28. The number of H-pyrrole nitrogens is 1. The van der Waals surface area contributed by atoms with Crippen molar-refractivity contribution < 1.29 is 18.8 Å². The van der Waals surface area contributed by atoms with Gasteiger partial charge in [0.05, 0.1) is 28.4 Å². The molecule has 3 aromatic rings. The van der Waals surface area contributed by atoms with E-state index in [1.54, 1.807) is 0 Å². The van der Waals surface area contributed by atoms with Crippen LogP contribution in [-0.2, 0) is 9.59 Å². The summed E-state index contributed by atoms with van der Waals surface area (Å²) in [5.74, 6) is -2.55. The number of ketones is 1. The van der Waals surface area contributed by atoms with Crippen molar-refractivity contribution in [2.45, 2.75) is 19.8 Å². The van der Waals surface area contributed by atoms with Crippen molar-refractivity contribution in [2.75, 3.05) is 18.4 Å². The van der Waals surface area contributed by atoms with Crippen molar-refractivity contribution in [3.8, 4) is 6.07 Å². The second-order valence-corrected chi connectivity index (χ2v) is 7.81. The van der Waals surface area contributed by atoms with E-state index in [0.717, 1.165) is 17.2 Å². The number of anilines is 1. The van der Waals surface area contributed by atoms with Gasteiger partial charge in [0.15, 0.2) is 0 Å². The number of fused-ring (bicyclic) bond motifs is 1. The summed E-state index contributed by atoms with van der Waals surface area (Å²) in [4.78, 5) is 41.5. The third kappa shape index (κ3) is 4.26. The molecule has 2 amide bonds. The molecule has 1 aliphatic rings. The van der Waals surface area contributed by atoms with Crippen LogP contribution in [0.5, 0.6) is 0 Å². The van der Waals surface area contributed by atoms with Gasteiger partial charge in [0.2, 0.25) is 5.91 Å². The lowest BCUT2D eigenvalue weighted by Gasteiger charge is -2.28. The van der Waals surface area contributed by atoms with Gasteiger partial charge in [-0.2, -0.15) is 5.26 Å². The number of hydrogen-bond donors (Lipinski definition) is 2. The van der Waals surface area contributed by atoms with Crippen LogP contribution >= 0.6 is 0 Å². The molecule has 4 rings (SSSR count). The summed E-state index contributed by atoms with van der Waals surface area (Å²) in [6.45, 7) is 1.90. The predicted molar refractivity (Wildman–Crippen MR) is 122 cm³/mol. The minimum atomic E-state index is -0.823. The second kappa shape index (κ2) is 9.09. The maximum atomic E-state index is 14.6. The number of carbonyl (C=O) groups is 3. The Balaban J connectivity index is 1.55. The molecular formula is C25H21FN4O3. The monoisotopic (exact) mass is 444 g/mol. The van der Waals surface area contributed by atoms with E-state index in [0.29, 0.717) is 37.2 Å². The number of amides is 2. The normalized spacial score (nSPS) is 13.5. The maximum Gasteiger partial charge on any atom is 0.295 e. The molecule has 0 radical (unpaired) electrons. The fourth-order valence-corrected chi connectivity index (χ4v) is 4.12. The number of nitrogens with one attached hydrogen (secondary N) is 2. The molecule has 2 aromatic carbocycles. The molecule has 0 spiro atoms. The van der Waals surface area contributed by atoms with Crippen LogP contribution in [0, 0.1) is 17.1 Å². The summed E-state index contributed by atoms with van der Waals surface area (Å²) < 4.78 is 14.6. The first-order chi connectivity index (χ1) is 15.9. The zero-order chi connectivity index (χ0) is 23.5. The third-order valence-electron chi connectivity index (χ3n) is 5.72. The van der Waals surface area contributed by atoms with E-state index in [4.69, 9.17) is 0 Å². The molecule has 0 unspecified atom stereocenters. The Labute approximate surface area is 189 Å².